The molecule has 3 rings (SSSR count). The van der Waals surface area contributed by atoms with E-state index in [0.29, 0.717) is 11.4 Å². The maximum Gasteiger partial charge on any atom is 0.262 e. The summed E-state index contributed by atoms with van der Waals surface area (Å²) in [5.41, 5.74) is 6.01. The molecule has 0 bridgehead atoms. The topological polar surface area (TPSA) is 119 Å². The predicted molar refractivity (Wildman–Crippen MR) is 101 cm³/mol. The van der Waals surface area contributed by atoms with E-state index >= 15 is 0 Å². The maximum absolute atomic E-state index is 12.7. The second kappa shape index (κ2) is 7.91. The Balaban J connectivity index is 1.73. The first-order chi connectivity index (χ1) is 13.4. The molecule has 1 heterocycles. The number of hydrogen-bond acceptors (Lipinski definition) is 5. The standard InChI is InChI=1S/C20H19N3O5/c1-12(23-19(26)13-6-2-3-7-14(13)20(23)27)18(25)22-15-8-4-5-9-16(15)28-11-10-17(21)24/h2-9,12H,10-11H2,1H3,(H2,21,24)(H,22,25). The minimum Gasteiger partial charge on any atom is -0.491 e. The van der Waals surface area contributed by atoms with Gasteiger partial charge in [-0.15, -0.1) is 0 Å². The van der Waals surface area contributed by atoms with E-state index < -0.39 is 29.7 Å². The first-order valence-electron chi connectivity index (χ1n) is 8.68. The number of carbonyl (C=O) groups excluding carboxylic acids is 4. The van der Waals surface area contributed by atoms with Gasteiger partial charge in [0, 0.05) is 0 Å². The smallest absolute Gasteiger partial charge is 0.262 e. The van der Waals surface area contributed by atoms with Crippen LogP contribution in [0.5, 0.6) is 5.75 Å². The summed E-state index contributed by atoms with van der Waals surface area (Å²) in [4.78, 5) is 49.5. The Bertz CT molecular complexity index is 921. The summed E-state index contributed by atoms with van der Waals surface area (Å²) >= 11 is 0. The van der Waals surface area contributed by atoms with E-state index in [1.165, 1.54) is 6.92 Å². The number of benzene rings is 2. The van der Waals surface area contributed by atoms with Crippen LogP contribution in [-0.4, -0.2) is 41.2 Å². The van der Waals surface area contributed by atoms with Crippen LogP contribution in [0, 0.1) is 0 Å². The molecule has 1 unspecified atom stereocenters. The molecule has 144 valence electrons. The summed E-state index contributed by atoms with van der Waals surface area (Å²) in [6, 6.07) is 12.1. The summed E-state index contributed by atoms with van der Waals surface area (Å²) in [5, 5.41) is 2.67. The van der Waals surface area contributed by atoms with Crippen LogP contribution in [0.2, 0.25) is 0 Å². The van der Waals surface area contributed by atoms with Crippen LogP contribution in [0.3, 0.4) is 0 Å². The number of fused-ring (bicyclic) bond motifs is 1. The number of anilines is 1. The largest absolute Gasteiger partial charge is 0.491 e. The molecule has 1 aliphatic rings. The third kappa shape index (κ3) is 3.71. The lowest BCUT2D eigenvalue weighted by Gasteiger charge is -2.22. The number of rotatable bonds is 7. The van der Waals surface area contributed by atoms with Crippen molar-refractivity contribution in [1.29, 1.82) is 0 Å². The Morgan fingerprint density at radius 2 is 1.61 bits per heavy atom. The number of amides is 4. The van der Waals surface area contributed by atoms with E-state index in [2.05, 4.69) is 5.32 Å². The molecule has 2 aromatic carbocycles. The maximum atomic E-state index is 12.7. The summed E-state index contributed by atoms with van der Waals surface area (Å²) < 4.78 is 5.48. The van der Waals surface area contributed by atoms with Crippen LogP contribution in [0.1, 0.15) is 34.1 Å². The second-order valence-electron chi connectivity index (χ2n) is 6.25. The number of para-hydroxylation sites is 2. The lowest BCUT2D eigenvalue weighted by molar-refractivity contribution is -0.120. The molecule has 0 fully saturated rings. The second-order valence-corrected chi connectivity index (χ2v) is 6.25. The number of ether oxygens (including phenoxy) is 1. The fourth-order valence-electron chi connectivity index (χ4n) is 2.87. The van der Waals surface area contributed by atoms with Gasteiger partial charge in [-0.25, -0.2) is 0 Å². The van der Waals surface area contributed by atoms with E-state index in [0.717, 1.165) is 4.90 Å². The number of primary amides is 1. The minimum atomic E-state index is -1.02. The number of nitrogens with zero attached hydrogens (tertiary/aromatic N) is 1. The molecule has 2 aromatic rings. The summed E-state index contributed by atoms with van der Waals surface area (Å²) in [5.74, 6) is -1.70. The predicted octanol–water partition coefficient (Wildman–Crippen LogP) is 1.56. The normalized spacial score (nSPS) is 13.8. The molecular formula is C20H19N3O5. The zero-order chi connectivity index (χ0) is 20.3. The van der Waals surface area contributed by atoms with Crippen LogP contribution in [-0.2, 0) is 9.59 Å². The van der Waals surface area contributed by atoms with Gasteiger partial charge in [0.1, 0.15) is 11.8 Å². The zero-order valence-electron chi connectivity index (χ0n) is 15.2. The number of nitrogens with one attached hydrogen (secondary N) is 1. The molecule has 3 N–H and O–H groups in total. The molecular weight excluding hydrogens is 362 g/mol. The Morgan fingerprint density at radius 1 is 1.04 bits per heavy atom. The van der Waals surface area contributed by atoms with Gasteiger partial charge in [0.2, 0.25) is 11.8 Å². The van der Waals surface area contributed by atoms with Gasteiger partial charge in [0.25, 0.3) is 11.8 Å². The summed E-state index contributed by atoms with van der Waals surface area (Å²) in [6.45, 7) is 1.55. The lowest BCUT2D eigenvalue weighted by Crippen LogP contribution is -2.45. The van der Waals surface area contributed by atoms with Crippen molar-refractivity contribution in [2.45, 2.75) is 19.4 Å². The number of hydrogen-bond donors (Lipinski definition) is 2. The molecule has 0 saturated heterocycles. The van der Waals surface area contributed by atoms with E-state index in [4.69, 9.17) is 10.5 Å². The van der Waals surface area contributed by atoms with Crippen LogP contribution in [0.25, 0.3) is 0 Å². The van der Waals surface area contributed by atoms with Crippen LogP contribution < -0.4 is 15.8 Å². The van der Waals surface area contributed by atoms with Gasteiger partial charge in [-0.3, -0.25) is 24.1 Å². The highest BCUT2D eigenvalue weighted by molar-refractivity contribution is 6.23. The van der Waals surface area contributed by atoms with Crippen molar-refractivity contribution in [2.24, 2.45) is 5.73 Å². The lowest BCUT2D eigenvalue weighted by atomic mass is 10.1. The Labute approximate surface area is 161 Å². The van der Waals surface area contributed by atoms with Gasteiger partial charge >= 0.3 is 0 Å². The fourth-order valence-corrected chi connectivity index (χ4v) is 2.87. The van der Waals surface area contributed by atoms with E-state index in [1.807, 2.05) is 0 Å². The van der Waals surface area contributed by atoms with Gasteiger partial charge in [0.05, 0.1) is 29.8 Å². The molecule has 4 amide bonds. The quantitative estimate of drug-likeness (QED) is 0.706. The van der Waals surface area contributed by atoms with Crippen molar-refractivity contribution in [3.8, 4) is 5.75 Å². The first-order valence-corrected chi connectivity index (χ1v) is 8.68. The van der Waals surface area contributed by atoms with Gasteiger partial charge in [-0.2, -0.15) is 0 Å². The van der Waals surface area contributed by atoms with Crippen LogP contribution in [0.4, 0.5) is 5.69 Å². The highest BCUT2D eigenvalue weighted by atomic mass is 16.5. The van der Waals surface area contributed by atoms with Crippen molar-refractivity contribution in [1.82, 2.24) is 4.90 Å². The first kappa shape index (κ1) is 19.1. The molecule has 0 spiro atoms. The third-order valence-electron chi connectivity index (χ3n) is 4.34. The Hall–Kier alpha value is -3.68. The van der Waals surface area contributed by atoms with Crippen molar-refractivity contribution in [3.63, 3.8) is 0 Å². The van der Waals surface area contributed by atoms with Gasteiger partial charge < -0.3 is 15.8 Å². The van der Waals surface area contributed by atoms with Crippen molar-refractivity contribution in [3.05, 3.63) is 59.7 Å². The molecule has 0 saturated carbocycles. The van der Waals surface area contributed by atoms with Crippen LogP contribution in [0.15, 0.2) is 48.5 Å². The Kier molecular flexibility index (Phi) is 5.39. The highest BCUT2D eigenvalue weighted by Gasteiger charge is 2.40. The molecule has 8 nitrogen and oxygen atoms in total. The summed E-state index contributed by atoms with van der Waals surface area (Å²) in [7, 11) is 0. The molecule has 0 radical (unpaired) electrons. The van der Waals surface area contributed by atoms with Crippen molar-refractivity contribution >= 4 is 29.3 Å². The highest BCUT2D eigenvalue weighted by Crippen LogP contribution is 2.27. The van der Waals surface area contributed by atoms with Crippen LogP contribution >= 0.6 is 0 Å². The number of imide groups is 1. The van der Waals surface area contributed by atoms with E-state index in [-0.39, 0.29) is 24.2 Å². The zero-order valence-corrected chi connectivity index (χ0v) is 15.2. The number of nitrogens with two attached hydrogens (primary N) is 1. The average Bonchev–Trinajstić information content (AvgIpc) is 2.93. The molecule has 0 aliphatic carbocycles. The molecule has 0 aromatic heterocycles. The molecule has 1 atom stereocenters. The average molecular weight is 381 g/mol. The minimum absolute atomic E-state index is 0.0354. The third-order valence-corrected chi connectivity index (χ3v) is 4.34. The van der Waals surface area contributed by atoms with E-state index in [9.17, 15) is 19.2 Å². The molecule has 8 heteroatoms. The number of carbonyl (C=O) groups is 4. The van der Waals surface area contributed by atoms with Gasteiger partial charge in [0.15, 0.2) is 0 Å². The summed E-state index contributed by atoms with van der Waals surface area (Å²) in [6.07, 6.45) is 0.0354. The van der Waals surface area contributed by atoms with Crippen molar-refractivity contribution < 1.29 is 23.9 Å². The monoisotopic (exact) mass is 381 g/mol. The van der Waals surface area contributed by atoms with Gasteiger partial charge in [-0.1, -0.05) is 24.3 Å². The molecule has 1 aliphatic heterocycles. The Morgan fingerprint density at radius 3 is 2.21 bits per heavy atom. The fraction of sp³-hybridized carbons (Fsp3) is 0.200. The van der Waals surface area contributed by atoms with E-state index in [1.54, 1.807) is 48.5 Å². The molecule has 28 heavy (non-hydrogen) atoms. The van der Waals surface area contributed by atoms with Crippen molar-refractivity contribution in [2.75, 3.05) is 11.9 Å². The van der Waals surface area contributed by atoms with Gasteiger partial charge in [-0.05, 0) is 31.2 Å². The SMILES string of the molecule is CC(C(=O)Nc1ccccc1OCCC(N)=O)N1C(=O)c2ccccc2C1=O.